The molecule has 4 aromatic rings. The van der Waals surface area contributed by atoms with E-state index in [1.165, 1.54) is 18.2 Å². The number of hydrogen-bond acceptors (Lipinski definition) is 6. The van der Waals surface area contributed by atoms with Gasteiger partial charge in [0.05, 0.1) is 6.20 Å². The van der Waals surface area contributed by atoms with Crippen molar-refractivity contribution in [1.82, 2.24) is 25.2 Å². The number of nitrogens with one attached hydrogen (secondary N) is 4. The van der Waals surface area contributed by atoms with Crippen molar-refractivity contribution in [3.8, 4) is 11.1 Å². The molecule has 0 atom stereocenters. The predicted octanol–water partition coefficient (Wildman–Crippen LogP) is 4.56. The van der Waals surface area contributed by atoms with E-state index in [-0.39, 0.29) is 18.1 Å². The number of hydrogen-bond donors (Lipinski definition) is 4. The second-order valence-corrected chi connectivity index (χ2v) is 9.29. The predicted molar refractivity (Wildman–Crippen MR) is 138 cm³/mol. The molecule has 3 amide bonds. The molecule has 0 radical (unpaired) electrons. The second-order valence-electron chi connectivity index (χ2n) is 8.88. The van der Waals surface area contributed by atoms with Gasteiger partial charge in [0.2, 0.25) is 0 Å². The van der Waals surface area contributed by atoms with Crippen LogP contribution < -0.4 is 21.3 Å². The summed E-state index contributed by atoms with van der Waals surface area (Å²) in [7, 11) is 0. The summed E-state index contributed by atoms with van der Waals surface area (Å²) >= 11 is 6.42. The number of aromatic nitrogens is 3. The summed E-state index contributed by atoms with van der Waals surface area (Å²) in [5.41, 5.74) is 3.49. The van der Waals surface area contributed by atoms with Crippen LogP contribution in [0.1, 0.15) is 24.0 Å². The van der Waals surface area contributed by atoms with E-state index in [4.69, 9.17) is 16.6 Å². The number of anilines is 2. The van der Waals surface area contributed by atoms with Gasteiger partial charge in [-0.2, -0.15) is 9.61 Å². The van der Waals surface area contributed by atoms with Crippen molar-refractivity contribution >= 4 is 46.9 Å². The van der Waals surface area contributed by atoms with Gasteiger partial charge in [0, 0.05) is 34.8 Å². The van der Waals surface area contributed by atoms with Gasteiger partial charge in [0.15, 0.2) is 5.65 Å². The van der Waals surface area contributed by atoms with E-state index in [0.717, 1.165) is 29.8 Å². The monoisotopic (exact) mass is 517 g/mol. The van der Waals surface area contributed by atoms with E-state index >= 15 is 0 Å². The zero-order chi connectivity index (χ0) is 25.5. The van der Waals surface area contributed by atoms with Gasteiger partial charge >= 0.3 is 6.03 Å². The highest BCUT2D eigenvalue weighted by Gasteiger charge is 2.25. The minimum atomic E-state index is -0.580. The van der Waals surface area contributed by atoms with E-state index in [1.54, 1.807) is 22.8 Å². The molecule has 1 aliphatic heterocycles. The minimum Gasteiger partial charge on any atom is -0.367 e. The van der Waals surface area contributed by atoms with Crippen LogP contribution in [0.2, 0.25) is 5.02 Å². The van der Waals surface area contributed by atoms with Crippen LogP contribution in [-0.4, -0.2) is 32.6 Å². The summed E-state index contributed by atoms with van der Waals surface area (Å²) in [6, 6.07) is 13.6. The van der Waals surface area contributed by atoms with Gasteiger partial charge in [-0.1, -0.05) is 35.9 Å². The summed E-state index contributed by atoms with van der Waals surface area (Å²) in [6.45, 7) is 0.285. The molecule has 1 saturated carbocycles. The first-order valence-electron chi connectivity index (χ1n) is 11.7. The fraction of sp³-hybridized carbons (Fsp3) is 0.154. The molecule has 11 heteroatoms. The molecule has 2 aromatic heterocycles. The Morgan fingerprint density at radius 1 is 1.11 bits per heavy atom. The first kappa shape index (κ1) is 23.0. The number of urea groups is 1. The van der Waals surface area contributed by atoms with E-state index in [1.807, 2.05) is 24.3 Å². The Bertz CT molecular complexity index is 1600. The third-order valence-corrected chi connectivity index (χ3v) is 6.47. The quantitative estimate of drug-likeness (QED) is 0.211. The van der Waals surface area contributed by atoms with Gasteiger partial charge in [0.25, 0.3) is 5.91 Å². The number of amides is 3. The first-order valence-corrected chi connectivity index (χ1v) is 12.1. The molecule has 9 nitrogen and oxygen atoms in total. The Morgan fingerprint density at radius 3 is 2.70 bits per heavy atom. The summed E-state index contributed by atoms with van der Waals surface area (Å²) < 4.78 is 15.9. The van der Waals surface area contributed by atoms with Crippen molar-refractivity contribution in [2.75, 3.05) is 10.6 Å². The van der Waals surface area contributed by atoms with E-state index in [0.29, 0.717) is 33.7 Å². The average molecular weight is 518 g/mol. The van der Waals surface area contributed by atoms with Crippen LogP contribution >= 0.6 is 11.6 Å². The number of halogens is 2. The molecule has 3 heterocycles. The zero-order valence-corrected chi connectivity index (χ0v) is 20.1. The number of carbonyl (C=O) groups is 2. The highest BCUT2D eigenvalue weighted by molar-refractivity contribution is 6.33. The molecular formula is C26H21ClFN7O2. The van der Waals surface area contributed by atoms with Crippen LogP contribution in [0.25, 0.3) is 22.9 Å². The van der Waals surface area contributed by atoms with Crippen LogP contribution in [0.5, 0.6) is 0 Å². The molecule has 2 aromatic carbocycles. The minimum absolute atomic E-state index is 0.112. The van der Waals surface area contributed by atoms with Crippen molar-refractivity contribution in [3.63, 3.8) is 0 Å². The topological polar surface area (TPSA) is 112 Å². The smallest absolute Gasteiger partial charge is 0.326 e. The summed E-state index contributed by atoms with van der Waals surface area (Å²) in [4.78, 5) is 28.2. The number of fused-ring (bicyclic) bond motifs is 1. The Kier molecular flexibility index (Phi) is 5.72. The van der Waals surface area contributed by atoms with Gasteiger partial charge in [-0.15, -0.1) is 0 Å². The van der Waals surface area contributed by atoms with Gasteiger partial charge < -0.3 is 16.0 Å². The van der Waals surface area contributed by atoms with Crippen LogP contribution in [0, 0.1) is 5.82 Å². The van der Waals surface area contributed by atoms with Crippen molar-refractivity contribution in [2.24, 2.45) is 0 Å². The molecule has 186 valence electrons. The molecule has 37 heavy (non-hydrogen) atoms. The molecule has 1 aliphatic carbocycles. The summed E-state index contributed by atoms with van der Waals surface area (Å²) in [5, 5.41) is 16.4. The average Bonchev–Trinajstić information content (AvgIpc) is 3.51. The summed E-state index contributed by atoms with van der Waals surface area (Å²) in [5.74, 6) is 0.386. The SMILES string of the molecule is O=C1NC(=O)/C(=C/c2cnn3c(NC4CC4)cc(NCc4cc(F)ccc4-c4ccccc4Cl)nc23)N1. The number of rotatable bonds is 7. The lowest BCUT2D eigenvalue weighted by Gasteiger charge is -2.14. The third kappa shape index (κ3) is 4.70. The molecule has 0 unspecified atom stereocenters. The Morgan fingerprint density at radius 2 is 1.95 bits per heavy atom. The van der Waals surface area contributed by atoms with Gasteiger partial charge in [-0.25, -0.2) is 14.2 Å². The fourth-order valence-corrected chi connectivity index (χ4v) is 4.42. The maximum absolute atomic E-state index is 14.2. The number of imide groups is 1. The van der Waals surface area contributed by atoms with Crippen LogP contribution in [0.4, 0.5) is 20.8 Å². The molecule has 0 spiro atoms. The normalized spacial score (nSPS) is 16.2. The van der Waals surface area contributed by atoms with Gasteiger partial charge in [0.1, 0.15) is 23.1 Å². The maximum atomic E-state index is 14.2. The highest BCUT2D eigenvalue weighted by Crippen LogP contribution is 2.32. The van der Waals surface area contributed by atoms with Crippen molar-refractivity contribution < 1.29 is 14.0 Å². The van der Waals surface area contributed by atoms with Crippen LogP contribution in [0.3, 0.4) is 0 Å². The van der Waals surface area contributed by atoms with Gasteiger partial charge in [-0.05, 0) is 48.2 Å². The van der Waals surface area contributed by atoms with E-state index in [2.05, 4.69) is 26.4 Å². The lowest BCUT2D eigenvalue weighted by Crippen LogP contribution is -2.22. The number of nitrogens with zero attached hydrogens (tertiary/aromatic N) is 3. The van der Waals surface area contributed by atoms with Crippen LogP contribution in [0.15, 0.2) is 60.4 Å². The third-order valence-electron chi connectivity index (χ3n) is 6.14. The summed E-state index contributed by atoms with van der Waals surface area (Å²) in [6.07, 6.45) is 5.22. The lowest BCUT2D eigenvalue weighted by molar-refractivity contribution is -0.115. The molecule has 0 bridgehead atoms. The van der Waals surface area contributed by atoms with Gasteiger partial charge in [-0.3, -0.25) is 10.1 Å². The molecule has 2 aliphatic rings. The highest BCUT2D eigenvalue weighted by atomic mass is 35.5. The zero-order valence-electron chi connectivity index (χ0n) is 19.4. The second kappa shape index (κ2) is 9.21. The Hall–Kier alpha value is -4.44. The van der Waals surface area contributed by atoms with Crippen molar-refractivity contribution in [3.05, 3.63) is 82.4 Å². The van der Waals surface area contributed by atoms with E-state index in [9.17, 15) is 14.0 Å². The molecule has 6 rings (SSSR count). The van der Waals surface area contributed by atoms with Crippen LogP contribution in [-0.2, 0) is 11.3 Å². The number of carbonyl (C=O) groups excluding carboxylic acids is 2. The largest absolute Gasteiger partial charge is 0.367 e. The molecule has 4 N–H and O–H groups in total. The lowest BCUT2D eigenvalue weighted by atomic mass is 9.99. The standard InChI is InChI=1S/C26H21ClFN7O2/c27-20-4-2-1-3-19(20)18-8-5-16(28)9-14(18)12-29-22-11-23(31-17-6-7-17)35-24(33-22)15(13-30-35)10-21-25(36)34-26(37)32-21/h1-5,8-11,13,17,31H,6-7,12H2,(H,29,33)(H2,32,34,36,37)/b21-10-. The first-order chi connectivity index (χ1) is 17.9. The Labute approximate surface area is 215 Å². The fourth-order valence-electron chi connectivity index (χ4n) is 4.19. The van der Waals surface area contributed by atoms with Crippen molar-refractivity contribution in [2.45, 2.75) is 25.4 Å². The van der Waals surface area contributed by atoms with E-state index < -0.39 is 11.9 Å². The number of benzene rings is 2. The molecule has 1 saturated heterocycles. The Balaban J connectivity index is 1.36. The maximum Gasteiger partial charge on any atom is 0.326 e. The van der Waals surface area contributed by atoms with Crippen molar-refractivity contribution in [1.29, 1.82) is 0 Å². The molecule has 2 fully saturated rings. The molecular weight excluding hydrogens is 497 g/mol.